The molecule has 178 valence electrons. The van der Waals surface area contributed by atoms with Gasteiger partial charge in [0.05, 0.1) is 24.0 Å². The van der Waals surface area contributed by atoms with Crippen LogP contribution in [-0.4, -0.2) is 24.3 Å². The van der Waals surface area contributed by atoms with E-state index in [1.54, 1.807) is 31.2 Å². The highest BCUT2D eigenvalue weighted by molar-refractivity contribution is 6.35. The highest BCUT2D eigenvalue weighted by Gasteiger charge is 2.44. The number of anilines is 2. The van der Waals surface area contributed by atoms with Crippen LogP contribution < -0.4 is 10.2 Å². The van der Waals surface area contributed by atoms with E-state index >= 15 is 0 Å². The fraction of sp³-hybridized carbons (Fsp3) is 0.346. The van der Waals surface area contributed by atoms with E-state index in [-0.39, 0.29) is 17.8 Å². The van der Waals surface area contributed by atoms with E-state index in [1.807, 2.05) is 32.0 Å². The van der Waals surface area contributed by atoms with E-state index in [2.05, 4.69) is 5.32 Å². The van der Waals surface area contributed by atoms with Gasteiger partial charge in [-0.2, -0.15) is 0 Å². The number of esters is 1. The summed E-state index contributed by atoms with van der Waals surface area (Å²) in [6.07, 6.45) is 0.474. The Morgan fingerprint density at radius 3 is 2.59 bits per heavy atom. The Balaban J connectivity index is 1.97. The number of hydrogen-bond donors (Lipinski definition) is 1. The van der Waals surface area contributed by atoms with Gasteiger partial charge in [0.1, 0.15) is 6.42 Å². The molecule has 1 aliphatic heterocycles. The van der Waals surface area contributed by atoms with Crippen molar-refractivity contribution in [3.8, 4) is 0 Å². The zero-order chi connectivity index (χ0) is 24.6. The Hall–Kier alpha value is -2.83. The summed E-state index contributed by atoms with van der Waals surface area (Å²) in [6.45, 7) is 5.94. The number of nitrogens with zero attached hydrogens (tertiary/aromatic N) is 1. The third-order valence-electron chi connectivity index (χ3n) is 6.03. The molecule has 2 aliphatic rings. The van der Waals surface area contributed by atoms with Crippen molar-refractivity contribution in [2.75, 3.05) is 16.8 Å². The lowest BCUT2D eigenvalue weighted by molar-refractivity contribution is -0.145. The van der Waals surface area contributed by atoms with E-state index < -0.39 is 24.3 Å². The first-order valence-corrected chi connectivity index (χ1v) is 11.9. The van der Waals surface area contributed by atoms with Crippen LogP contribution in [0.5, 0.6) is 0 Å². The average molecular weight is 501 g/mol. The summed E-state index contributed by atoms with van der Waals surface area (Å²) in [5.41, 5.74) is 2.74. The molecule has 34 heavy (non-hydrogen) atoms. The lowest BCUT2D eigenvalue weighted by Crippen LogP contribution is -2.40. The molecule has 4 rings (SSSR count). The number of carbonyl (C=O) groups is 3. The van der Waals surface area contributed by atoms with Crippen LogP contribution >= 0.6 is 23.2 Å². The molecule has 2 aromatic carbocycles. The fourth-order valence-electron chi connectivity index (χ4n) is 4.70. The normalized spacial score (nSPS) is 19.0. The molecule has 0 saturated heterocycles. The van der Waals surface area contributed by atoms with Gasteiger partial charge in [-0.25, -0.2) is 0 Å². The van der Waals surface area contributed by atoms with Crippen LogP contribution in [0.15, 0.2) is 53.7 Å². The molecule has 2 aromatic rings. The molecule has 1 N–H and O–H groups in total. The van der Waals surface area contributed by atoms with E-state index in [0.717, 1.165) is 5.70 Å². The van der Waals surface area contributed by atoms with E-state index in [0.29, 0.717) is 45.4 Å². The molecule has 0 radical (unpaired) electrons. The number of ketones is 1. The third-order valence-corrected chi connectivity index (χ3v) is 6.59. The number of Topliss-reactive ketones (excluding diaryl/α,β-unsaturated/α-hetero) is 1. The molecule has 1 aliphatic carbocycles. The van der Waals surface area contributed by atoms with Crippen LogP contribution in [0.25, 0.3) is 0 Å². The van der Waals surface area contributed by atoms with Crippen LogP contribution in [-0.2, 0) is 19.1 Å². The van der Waals surface area contributed by atoms with E-state index in [1.165, 1.54) is 4.90 Å². The summed E-state index contributed by atoms with van der Waals surface area (Å²) < 4.78 is 5.03. The third kappa shape index (κ3) is 4.70. The quantitative estimate of drug-likeness (QED) is 0.406. The maximum absolute atomic E-state index is 13.7. The van der Waals surface area contributed by atoms with Crippen molar-refractivity contribution in [2.45, 2.75) is 46.1 Å². The maximum Gasteiger partial charge on any atom is 0.315 e. The van der Waals surface area contributed by atoms with Gasteiger partial charge in [-0.3, -0.25) is 19.3 Å². The summed E-state index contributed by atoms with van der Waals surface area (Å²) in [5, 5.41) is 4.19. The van der Waals surface area contributed by atoms with Crippen molar-refractivity contribution in [1.82, 2.24) is 0 Å². The van der Waals surface area contributed by atoms with Crippen molar-refractivity contribution in [1.29, 1.82) is 0 Å². The number of halogens is 2. The number of amides is 1. The SMILES string of the molecule is CCOC(=O)CC(=O)N1c2ccccc2NC2=C(C(=O)CC(C)(C)C2)C1c1ccc(Cl)cc1Cl. The molecule has 0 fully saturated rings. The Morgan fingerprint density at radius 1 is 1.15 bits per heavy atom. The Labute approximate surface area is 208 Å². The van der Waals surface area contributed by atoms with Gasteiger partial charge in [-0.15, -0.1) is 0 Å². The minimum atomic E-state index is -0.832. The van der Waals surface area contributed by atoms with Crippen LogP contribution in [0.4, 0.5) is 11.4 Å². The monoisotopic (exact) mass is 500 g/mol. The van der Waals surface area contributed by atoms with Gasteiger partial charge < -0.3 is 10.1 Å². The molecule has 1 heterocycles. The number of para-hydroxylation sites is 2. The number of fused-ring (bicyclic) bond motifs is 1. The van der Waals surface area contributed by atoms with Crippen molar-refractivity contribution in [3.05, 3.63) is 69.3 Å². The first-order valence-electron chi connectivity index (χ1n) is 11.2. The zero-order valence-electron chi connectivity index (χ0n) is 19.3. The van der Waals surface area contributed by atoms with E-state index in [9.17, 15) is 14.4 Å². The molecule has 0 saturated carbocycles. The number of allylic oxidation sites excluding steroid dienone is 1. The van der Waals surface area contributed by atoms with Crippen LogP contribution in [0.2, 0.25) is 10.0 Å². The average Bonchev–Trinajstić information content (AvgIpc) is 2.87. The van der Waals surface area contributed by atoms with Gasteiger partial charge >= 0.3 is 5.97 Å². The molecule has 0 aromatic heterocycles. The van der Waals surface area contributed by atoms with E-state index in [4.69, 9.17) is 27.9 Å². The molecule has 1 atom stereocenters. The van der Waals surface area contributed by atoms with Gasteiger partial charge in [-0.05, 0) is 48.6 Å². The van der Waals surface area contributed by atoms with Crippen molar-refractivity contribution in [2.24, 2.45) is 5.41 Å². The number of hydrogen-bond acceptors (Lipinski definition) is 5. The number of carbonyl (C=O) groups excluding carboxylic acids is 3. The second kappa shape index (κ2) is 9.43. The highest BCUT2D eigenvalue weighted by Crippen LogP contribution is 2.49. The predicted molar refractivity (Wildman–Crippen MR) is 133 cm³/mol. The summed E-state index contributed by atoms with van der Waals surface area (Å²) >= 11 is 12.8. The maximum atomic E-state index is 13.7. The van der Waals surface area contributed by atoms with Crippen LogP contribution in [0.3, 0.4) is 0 Å². The van der Waals surface area contributed by atoms with Crippen LogP contribution in [0, 0.1) is 5.41 Å². The van der Waals surface area contributed by atoms with Crippen molar-refractivity contribution < 1.29 is 19.1 Å². The largest absolute Gasteiger partial charge is 0.466 e. The van der Waals surface area contributed by atoms with Gasteiger partial charge in [0.2, 0.25) is 5.91 Å². The molecular formula is C26H26Cl2N2O4. The van der Waals surface area contributed by atoms with Gasteiger partial charge in [-0.1, -0.05) is 55.2 Å². The molecule has 8 heteroatoms. The van der Waals surface area contributed by atoms with Gasteiger partial charge in [0.25, 0.3) is 0 Å². The number of rotatable bonds is 4. The first-order chi connectivity index (χ1) is 16.1. The molecule has 1 amide bonds. The molecule has 6 nitrogen and oxygen atoms in total. The minimum absolute atomic E-state index is 0.0727. The summed E-state index contributed by atoms with van der Waals surface area (Å²) in [6, 6.07) is 11.5. The number of nitrogens with one attached hydrogen (secondary N) is 1. The Bertz CT molecular complexity index is 1210. The Kier molecular flexibility index (Phi) is 6.74. The standard InChI is InChI=1S/C26H26Cl2N2O4/c1-4-34-23(33)12-22(32)30-20-8-6-5-7-18(20)29-19-13-26(2,3)14-21(31)24(19)25(30)16-10-9-15(27)11-17(16)28/h5-11,25,29H,4,12-14H2,1-3H3. The molecule has 0 bridgehead atoms. The summed E-state index contributed by atoms with van der Waals surface area (Å²) in [7, 11) is 0. The molecule has 1 unspecified atom stereocenters. The molecular weight excluding hydrogens is 475 g/mol. The van der Waals surface area contributed by atoms with Gasteiger partial charge in [0.15, 0.2) is 5.78 Å². The topological polar surface area (TPSA) is 75.7 Å². The summed E-state index contributed by atoms with van der Waals surface area (Å²) in [5.74, 6) is -1.19. The first kappa shape index (κ1) is 24.3. The van der Waals surface area contributed by atoms with Crippen molar-refractivity contribution >= 4 is 52.2 Å². The zero-order valence-corrected chi connectivity index (χ0v) is 20.8. The fourth-order valence-corrected chi connectivity index (χ4v) is 5.21. The van der Waals surface area contributed by atoms with Crippen LogP contribution in [0.1, 0.15) is 51.6 Å². The minimum Gasteiger partial charge on any atom is -0.466 e. The Morgan fingerprint density at radius 2 is 1.88 bits per heavy atom. The predicted octanol–water partition coefficient (Wildman–Crippen LogP) is 6.09. The smallest absolute Gasteiger partial charge is 0.315 e. The van der Waals surface area contributed by atoms with Gasteiger partial charge in [0, 0.05) is 27.7 Å². The number of benzene rings is 2. The molecule has 0 spiro atoms. The lowest BCUT2D eigenvalue weighted by Gasteiger charge is -2.37. The summed E-state index contributed by atoms with van der Waals surface area (Å²) in [4.78, 5) is 41.0. The second-order valence-electron chi connectivity index (χ2n) is 9.29. The number of ether oxygens (including phenoxy) is 1. The highest BCUT2D eigenvalue weighted by atomic mass is 35.5. The lowest BCUT2D eigenvalue weighted by atomic mass is 9.73. The second-order valence-corrected chi connectivity index (χ2v) is 10.1. The van der Waals surface area contributed by atoms with Crippen molar-refractivity contribution in [3.63, 3.8) is 0 Å².